The van der Waals surface area contributed by atoms with Crippen molar-refractivity contribution in [3.8, 4) is 0 Å². The lowest BCUT2D eigenvalue weighted by atomic mass is 10.2. The number of carboxylic acids is 1. The van der Waals surface area contributed by atoms with Crippen molar-refractivity contribution in [3.63, 3.8) is 0 Å². The molecule has 1 N–H and O–H groups in total. The van der Waals surface area contributed by atoms with Crippen LogP contribution in [-0.2, 0) is 0 Å². The van der Waals surface area contributed by atoms with Gasteiger partial charge in [-0.05, 0) is 46.3 Å². The van der Waals surface area contributed by atoms with Gasteiger partial charge in [0.25, 0.3) is 5.91 Å². The molecule has 0 spiro atoms. The Kier molecular flexibility index (Phi) is 4.01. The second-order valence-electron chi connectivity index (χ2n) is 3.86. The van der Waals surface area contributed by atoms with E-state index in [2.05, 4.69) is 15.9 Å². The molecule has 1 aromatic heterocycles. The van der Waals surface area contributed by atoms with Crippen LogP contribution in [0, 0.1) is 0 Å². The van der Waals surface area contributed by atoms with Crippen LogP contribution < -0.4 is 4.90 Å². The van der Waals surface area contributed by atoms with Crippen LogP contribution in [0.3, 0.4) is 0 Å². The Morgan fingerprint density at radius 3 is 2.32 bits per heavy atom. The molecule has 2 aromatic rings. The molecule has 1 amide bonds. The number of aromatic carboxylic acids is 1. The fourth-order valence-electron chi connectivity index (χ4n) is 1.56. The van der Waals surface area contributed by atoms with E-state index in [0.717, 1.165) is 3.79 Å². The molecule has 0 bridgehead atoms. The summed E-state index contributed by atoms with van der Waals surface area (Å²) in [7, 11) is 1.66. The van der Waals surface area contributed by atoms with Crippen molar-refractivity contribution < 1.29 is 14.7 Å². The van der Waals surface area contributed by atoms with Gasteiger partial charge in [-0.15, -0.1) is 11.3 Å². The molecular formula is C13H10BrNO3S. The van der Waals surface area contributed by atoms with E-state index in [0.29, 0.717) is 11.3 Å². The largest absolute Gasteiger partial charge is 0.478 e. The average molecular weight is 340 g/mol. The molecule has 19 heavy (non-hydrogen) atoms. The summed E-state index contributed by atoms with van der Waals surface area (Å²) in [4.78, 5) is 24.4. The minimum atomic E-state index is -0.984. The minimum Gasteiger partial charge on any atom is -0.478 e. The van der Waals surface area contributed by atoms with Gasteiger partial charge in [0, 0.05) is 18.1 Å². The average Bonchev–Trinajstić information content (AvgIpc) is 2.84. The predicted octanol–water partition coefficient (Wildman–Crippen LogP) is 3.49. The fourth-order valence-corrected chi connectivity index (χ4v) is 2.69. The molecule has 2 rings (SSSR count). The van der Waals surface area contributed by atoms with Gasteiger partial charge < -0.3 is 10.0 Å². The predicted molar refractivity (Wildman–Crippen MR) is 78.2 cm³/mol. The van der Waals surface area contributed by atoms with Gasteiger partial charge in [-0.2, -0.15) is 0 Å². The Hall–Kier alpha value is -1.66. The van der Waals surface area contributed by atoms with Gasteiger partial charge in [-0.1, -0.05) is 0 Å². The van der Waals surface area contributed by atoms with E-state index in [1.54, 1.807) is 30.6 Å². The lowest BCUT2D eigenvalue weighted by molar-refractivity contribution is 0.0696. The molecule has 1 aromatic carbocycles. The van der Waals surface area contributed by atoms with E-state index >= 15 is 0 Å². The monoisotopic (exact) mass is 339 g/mol. The second-order valence-corrected chi connectivity index (χ2v) is 6.15. The van der Waals surface area contributed by atoms with Crippen LogP contribution in [0.15, 0.2) is 39.5 Å². The Balaban J connectivity index is 2.21. The van der Waals surface area contributed by atoms with E-state index in [9.17, 15) is 9.59 Å². The number of anilines is 1. The number of rotatable bonds is 3. The maximum absolute atomic E-state index is 12.2. The van der Waals surface area contributed by atoms with Crippen LogP contribution in [0.25, 0.3) is 0 Å². The number of carbonyl (C=O) groups is 2. The summed E-state index contributed by atoms with van der Waals surface area (Å²) >= 11 is 4.76. The summed E-state index contributed by atoms with van der Waals surface area (Å²) < 4.78 is 0.894. The molecule has 0 fully saturated rings. The van der Waals surface area contributed by atoms with Crippen LogP contribution >= 0.6 is 27.3 Å². The van der Waals surface area contributed by atoms with Crippen molar-refractivity contribution >= 4 is 44.8 Å². The molecule has 98 valence electrons. The Morgan fingerprint density at radius 2 is 1.84 bits per heavy atom. The van der Waals surface area contributed by atoms with E-state index < -0.39 is 5.97 Å². The maximum Gasteiger partial charge on any atom is 0.335 e. The molecule has 0 saturated heterocycles. The number of amides is 1. The number of benzene rings is 1. The summed E-state index contributed by atoms with van der Waals surface area (Å²) in [5.74, 6) is -1.12. The highest BCUT2D eigenvalue weighted by Crippen LogP contribution is 2.23. The summed E-state index contributed by atoms with van der Waals surface area (Å²) in [6, 6.07) is 7.94. The van der Waals surface area contributed by atoms with Gasteiger partial charge in [0.1, 0.15) is 0 Å². The molecule has 4 nitrogen and oxygen atoms in total. The Labute approximate surface area is 122 Å². The third-order valence-electron chi connectivity index (χ3n) is 2.62. The van der Waals surface area contributed by atoms with E-state index in [1.165, 1.54) is 28.4 Å². The molecule has 0 aliphatic carbocycles. The number of nitrogens with zero attached hydrogens (tertiary/aromatic N) is 1. The van der Waals surface area contributed by atoms with E-state index in [1.807, 2.05) is 0 Å². The van der Waals surface area contributed by atoms with Crippen molar-refractivity contribution in [1.29, 1.82) is 0 Å². The lowest BCUT2D eigenvalue weighted by Gasteiger charge is -2.16. The van der Waals surface area contributed by atoms with Crippen molar-refractivity contribution in [2.45, 2.75) is 0 Å². The van der Waals surface area contributed by atoms with Crippen LogP contribution in [0.4, 0.5) is 5.69 Å². The normalized spacial score (nSPS) is 10.2. The van der Waals surface area contributed by atoms with Crippen molar-refractivity contribution in [3.05, 3.63) is 50.6 Å². The molecule has 0 saturated carbocycles. The van der Waals surface area contributed by atoms with Crippen LogP contribution in [0.1, 0.15) is 20.7 Å². The highest BCUT2D eigenvalue weighted by Gasteiger charge is 2.15. The lowest BCUT2D eigenvalue weighted by Crippen LogP contribution is -2.25. The fraction of sp³-hybridized carbons (Fsp3) is 0.0769. The minimum absolute atomic E-state index is 0.134. The van der Waals surface area contributed by atoms with E-state index in [4.69, 9.17) is 5.11 Å². The first-order chi connectivity index (χ1) is 8.99. The van der Waals surface area contributed by atoms with Crippen LogP contribution in [0.5, 0.6) is 0 Å². The van der Waals surface area contributed by atoms with Gasteiger partial charge in [0.15, 0.2) is 0 Å². The number of hydrogen-bond donors (Lipinski definition) is 1. The quantitative estimate of drug-likeness (QED) is 0.931. The first kappa shape index (κ1) is 13.8. The second kappa shape index (κ2) is 5.54. The van der Waals surface area contributed by atoms with Gasteiger partial charge in [0.05, 0.1) is 14.9 Å². The molecule has 0 aliphatic rings. The molecule has 6 heteroatoms. The standard InChI is InChI=1S/C13H10BrNO3S/c1-15(12(16)9-6-11(14)19-7-9)10-4-2-8(3-5-10)13(17)18/h2-7H,1H3,(H,17,18). The summed E-state index contributed by atoms with van der Waals surface area (Å²) in [6.07, 6.45) is 0. The number of carboxylic acid groups (broad SMARTS) is 1. The topological polar surface area (TPSA) is 57.6 Å². The third kappa shape index (κ3) is 3.02. The number of halogens is 1. The SMILES string of the molecule is CN(C(=O)c1csc(Br)c1)c1ccc(C(=O)O)cc1. The number of thiophene rings is 1. The van der Waals surface area contributed by atoms with Crippen molar-refractivity contribution in [2.24, 2.45) is 0 Å². The first-order valence-corrected chi connectivity index (χ1v) is 7.02. The highest BCUT2D eigenvalue weighted by molar-refractivity contribution is 9.11. The first-order valence-electron chi connectivity index (χ1n) is 5.34. The zero-order chi connectivity index (χ0) is 14.0. The van der Waals surface area contributed by atoms with Crippen molar-refractivity contribution in [1.82, 2.24) is 0 Å². The molecule has 0 radical (unpaired) electrons. The summed E-state index contributed by atoms with van der Waals surface area (Å²) in [5.41, 5.74) is 1.45. The Bertz CT molecular complexity index is 621. The van der Waals surface area contributed by atoms with Gasteiger partial charge in [-0.3, -0.25) is 4.79 Å². The van der Waals surface area contributed by atoms with Gasteiger partial charge in [0.2, 0.25) is 0 Å². The molecule has 0 unspecified atom stereocenters. The van der Waals surface area contributed by atoms with Crippen LogP contribution in [0.2, 0.25) is 0 Å². The molecule has 1 heterocycles. The molecule has 0 aliphatic heterocycles. The van der Waals surface area contributed by atoms with Crippen LogP contribution in [-0.4, -0.2) is 24.0 Å². The highest BCUT2D eigenvalue weighted by atomic mass is 79.9. The zero-order valence-corrected chi connectivity index (χ0v) is 12.4. The molecule has 0 atom stereocenters. The van der Waals surface area contributed by atoms with Gasteiger partial charge in [-0.25, -0.2) is 4.79 Å². The zero-order valence-electron chi connectivity index (χ0n) is 9.96. The summed E-state index contributed by atoms with van der Waals surface area (Å²) in [6.45, 7) is 0. The number of carbonyl (C=O) groups excluding carboxylic acids is 1. The maximum atomic E-state index is 12.2. The smallest absolute Gasteiger partial charge is 0.335 e. The van der Waals surface area contributed by atoms with E-state index in [-0.39, 0.29) is 11.5 Å². The molecular weight excluding hydrogens is 330 g/mol. The van der Waals surface area contributed by atoms with Gasteiger partial charge >= 0.3 is 5.97 Å². The third-order valence-corrected chi connectivity index (χ3v) is 4.13. The Morgan fingerprint density at radius 1 is 1.21 bits per heavy atom. The summed E-state index contributed by atoms with van der Waals surface area (Å²) in [5, 5.41) is 10.6. The number of hydrogen-bond acceptors (Lipinski definition) is 3. The van der Waals surface area contributed by atoms with Crippen molar-refractivity contribution in [2.75, 3.05) is 11.9 Å².